The van der Waals surface area contributed by atoms with Crippen LogP contribution in [0.15, 0.2) is 46.9 Å². The van der Waals surface area contributed by atoms with Crippen molar-refractivity contribution in [2.75, 3.05) is 11.9 Å². The van der Waals surface area contributed by atoms with E-state index in [2.05, 4.69) is 5.32 Å². The molecule has 0 bridgehead atoms. The third-order valence-corrected chi connectivity index (χ3v) is 4.68. The molecular formula is C22H22ClNO5. The van der Waals surface area contributed by atoms with E-state index in [1.54, 1.807) is 24.3 Å². The Kier molecular flexibility index (Phi) is 6.56. The molecule has 29 heavy (non-hydrogen) atoms. The zero-order valence-electron chi connectivity index (χ0n) is 16.5. The number of furan rings is 1. The second kappa shape index (κ2) is 9.11. The molecule has 1 heterocycles. The first-order valence-electron chi connectivity index (χ1n) is 9.26. The molecule has 3 aromatic rings. The van der Waals surface area contributed by atoms with Crippen LogP contribution >= 0.6 is 11.6 Å². The van der Waals surface area contributed by atoms with E-state index >= 15 is 0 Å². The molecule has 6 nitrogen and oxygen atoms in total. The SMILES string of the molecule is CCOCc1c(C(=O)O[C@@H](C)C(=O)Nc2cc(Cl)ccc2C)oc2ccccc12. The molecule has 2 aromatic carbocycles. The largest absolute Gasteiger partial charge is 0.449 e. The molecule has 0 aliphatic heterocycles. The summed E-state index contributed by atoms with van der Waals surface area (Å²) < 4.78 is 16.5. The number of amides is 1. The van der Waals surface area contributed by atoms with Crippen molar-refractivity contribution in [3.63, 3.8) is 0 Å². The minimum absolute atomic E-state index is 0.0400. The lowest BCUT2D eigenvalue weighted by atomic mass is 10.1. The number of fused-ring (bicyclic) bond motifs is 1. The fourth-order valence-corrected chi connectivity index (χ4v) is 3.01. The molecule has 0 radical (unpaired) electrons. The second-order valence-electron chi connectivity index (χ2n) is 6.54. The van der Waals surface area contributed by atoms with Crippen LogP contribution in [0, 0.1) is 6.92 Å². The molecular weight excluding hydrogens is 394 g/mol. The Labute approximate surface area is 173 Å². The van der Waals surface area contributed by atoms with Gasteiger partial charge in [0, 0.05) is 28.3 Å². The number of ether oxygens (including phenoxy) is 2. The van der Waals surface area contributed by atoms with Crippen molar-refractivity contribution in [3.8, 4) is 0 Å². The van der Waals surface area contributed by atoms with Gasteiger partial charge in [0.25, 0.3) is 5.91 Å². The fourth-order valence-electron chi connectivity index (χ4n) is 2.84. The molecule has 1 aromatic heterocycles. The number of carbonyl (C=O) groups is 2. The number of benzene rings is 2. The summed E-state index contributed by atoms with van der Waals surface area (Å²) in [6, 6.07) is 12.4. The van der Waals surface area contributed by atoms with Crippen LogP contribution in [0.25, 0.3) is 11.0 Å². The van der Waals surface area contributed by atoms with Crippen LogP contribution in [0.5, 0.6) is 0 Å². The molecule has 0 spiro atoms. The molecule has 0 unspecified atom stereocenters. The van der Waals surface area contributed by atoms with Gasteiger partial charge in [-0.2, -0.15) is 0 Å². The summed E-state index contributed by atoms with van der Waals surface area (Å²) in [6.45, 7) is 5.91. The second-order valence-corrected chi connectivity index (χ2v) is 6.98. The lowest BCUT2D eigenvalue weighted by molar-refractivity contribution is -0.123. The lowest BCUT2D eigenvalue weighted by Gasteiger charge is -2.14. The average Bonchev–Trinajstić information content (AvgIpc) is 3.07. The first-order chi connectivity index (χ1) is 13.9. The lowest BCUT2D eigenvalue weighted by Crippen LogP contribution is -2.30. The van der Waals surface area contributed by atoms with E-state index in [-0.39, 0.29) is 12.4 Å². The van der Waals surface area contributed by atoms with Gasteiger partial charge in [-0.05, 0) is 44.5 Å². The van der Waals surface area contributed by atoms with E-state index in [0.717, 1.165) is 10.9 Å². The van der Waals surface area contributed by atoms with Gasteiger partial charge >= 0.3 is 5.97 Å². The minimum atomic E-state index is -1.03. The van der Waals surface area contributed by atoms with E-state index < -0.39 is 18.0 Å². The topological polar surface area (TPSA) is 77.8 Å². The van der Waals surface area contributed by atoms with Crippen molar-refractivity contribution in [1.29, 1.82) is 0 Å². The number of carbonyl (C=O) groups excluding carboxylic acids is 2. The maximum atomic E-state index is 12.7. The molecule has 0 fully saturated rings. The third kappa shape index (κ3) is 4.78. The summed E-state index contributed by atoms with van der Waals surface area (Å²) in [5, 5.41) is 4.00. The number of aryl methyl sites for hydroxylation is 1. The van der Waals surface area contributed by atoms with Crippen molar-refractivity contribution in [2.24, 2.45) is 0 Å². The highest BCUT2D eigenvalue weighted by molar-refractivity contribution is 6.31. The number of esters is 1. The molecule has 7 heteroatoms. The number of hydrogen-bond donors (Lipinski definition) is 1. The smallest absolute Gasteiger partial charge is 0.375 e. The zero-order chi connectivity index (χ0) is 21.0. The Morgan fingerprint density at radius 1 is 1.21 bits per heavy atom. The number of hydrogen-bond acceptors (Lipinski definition) is 5. The van der Waals surface area contributed by atoms with Crippen LogP contribution in [0.3, 0.4) is 0 Å². The Hall–Kier alpha value is -2.83. The maximum Gasteiger partial charge on any atom is 0.375 e. The quantitative estimate of drug-likeness (QED) is 0.542. The summed E-state index contributed by atoms with van der Waals surface area (Å²) in [5.74, 6) is -1.15. The van der Waals surface area contributed by atoms with Crippen LogP contribution < -0.4 is 5.32 Å². The number of rotatable bonds is 7. The standard InChI is InChI=1S/C22H22ClNO5/c1-4-27-12-17-16-7-5-6-8-19(16)29-20(17)22(26)28-14(3)21(25)24-18-11-15(23)10-9-13(18)2/h5-11,14H,4,12H2,1-3H3,(H,24,25)/t14-/m0/s1. The van der Waals surface area contributed by atoms with Crippen molar-refractivity contribution in [3.05, 3.63) is 64.4 Å². The van der Waals surface area contributed by atoms with Gasteiger partial charge in [0.05, 0.1) is 6.61 Å². The molecule has 1 atom stereocenters. The van der Waals surface area contributed by atoms with Gasteiger partial charge in [0.15, 0.2) is 6.10 Å². The summed E-state index contributed by atoms with van der Waals surface area (Å²) in [6.07, 6.45) is -1.03. The van der Waals surface area contributed by atoms with E-state index in [9.17, 15) is 9.59 Å². The van der Waals surface area contributed by atoms with Crippen LogP contribution in [-0.4, -0.2) is 24.6 Å². The van der Waals surface area contributed by atoms with Crippen LogP contribution in [0.2, 0.25) is 5.02 Å². The summed E-state index contributed by atoms with van der Waals surface area (Å²) >= 11 is 5.98. The Morgan fingerprint density at radius 3 is 2.72 bits per heavy atom. The Morgan fingerprint density at radius 2 is 1.97 bits per heavy atom. The number of nitrogens with one attached hydrogen (secondary N) is 1. The van der Waals surface area contributed by atoms with Crippen molar-refractivity contribution in [1.82, 2.24) is 0 Å². The number of halogens is 1. The van der Waals surface area contributed by atoms with E-state index in [4.69, 9.17) is 25.5 Å². The van der Waals surface area contributed by atoms with Gasteiger partial charge in [0.1, 0.15) is 5.58 Å². The van der Waals surface area contributed by atoms with E-state index in [1.165, 1.54) is 6.92 Å². The first kappa shape index (κ1) is 20.9. The predicted octanol–water partition coefficient (Wildman–Crippen LogP) is 5.12. The average molecular weight is 416 g/mol. The summed E-state index contributed by atoms with van der Waals surface area (Å²) in [5.41, 5.74) is 2.57. The Bertz CT molecular complexity index is 1040. The minimum Gasteiger partial charge on any atom is -0.449 e. The summed E-state index contributed by atoms with van der Waals surface area (Å²) in [7, 11) is 0. The summed E-state index contributed by atoms with van der Waals surface area (Å²) in [4.78, 5) is 25.2. The maximum absolute atomic E-state index is 12.7. The normalized spacial score (nSPS) is 12.0. The predicted molar refractivity (Wildman–Crippen MR) is 111 cm³/mol. The van der Waals surface area contributed by atoms with E-state index in [1.807, 2.05) is 32.0 Å². The van der Waals surface area contributed by atoms with Crippen molar-refractivity contribution in [2.45, 2.75) is 33.5 Å². The molecule has 152 valence electrons. The molecule has 0 saturated heterocycles. The van der Waals surface area contributed by atoms with Gasteiger partial charge in [0.2, 0.25) is 5.76 Å². The van der Waals surface area contributed by atoms with Gasteiger partial charge in [-0.25, -0.2) is 4.79 Å². The first-order valence-corrected chi connectivity index (χ1v) is 9.64. The van der Waals surface area contributed by atoms with Gasteiger partial charge < -0.3 is 19.2 Å². The van der Waals surface area contributed by atoms with Crippen LogP contribution in [0.4, 0.5) is 5.69 Å². The Balaban J connectivity index is 1.77. The van der Waals surface area contributed by atoms with Crippen LogP contribution in [-0.2, 0) is 20.9 Å². The van der Waals surface area contributed by atoms with Crippen molar-refractivity contribution < 1.29 is 23.5 Å². The molecule has 1 N–H and O–H groups in total. The molecule has 1 amide bonds. The molecule has 0 aliphatic carbocycles. The van der Waals surface area contributed by atoms with E-state index in [0.29, 0.717) is 28.5 Å². The highest BCUT2D eigenvalue weighted by Gasteiger charge is 2.26. The van der Waals surface area contributed by atoms with Crippen molar-refractivity contribution >= 4 is 40.1 Å². The van der Waals surface area contributed by atoms with Gasteiger partial charge in [-0.3, -0.25) is 4.79 Å². The third-order valence-electron chi connectivity index (χ3n) is 4.44. The highest BCUT2D eigenvalue weighted by atomic mass is 35.5. The van der Waals surface area contributed by atoms with Gasteiger partial charge in [-0.15, -0.1) is 0 Å². The van der Waals surface area contributed by atoms with Crippen LogP contribution in [0.1, 0.15) is 35.5 Å². The monoisotopic (exact) mass is 415 g/mol. The molecule has 0 saturated carbocycles. The fraction of sp³-hybridized carbons (Fsp3) is 0.273. The molecule has 0 aliphatic rings. The zero-order valence-corrected chi connectivity index (χ0v) is 17.2. The van der Waals surface area contributed by atoms with Gasteiger partial charge in [-0.1, -0.05) is 35.9 Å². The number of para-hydroxylation sites is 1. The number of anilines is 1. The highest BCUT2D eigenvalue weighted by Crippen LogP contribution is 2.28. The molecule has 3 rings (SSSR count).